The highest BCUT2D eigenvalue weighted by molar-refractivity contribution is 7.81. The summed E-state index contributed by atoms with van der Waals surface area (Å²) in [6, 6.07) is 0. The highest BCUT2D eigenvalue weighted by atomic mass is 32.1. The van der Waals surface area contributed by atoms with Gasteiger partial charge in [0, 0.05) is 6.42 Å². The largest absolute Gasteiger partial charge is 0.468 e. The average molecular weight is 448 g/mol. The first-order valence-corrected chi connectivity index (χ1v) is 7.61. The van der Waals surface area contributed by atoms with E-state index in [0.717, 1.165) is 20.8 Å². The van der Waals surface area contributed by atoms with Gasteiger partial charge in [-0.3, -0.25) is 0 Å². The Bertz CT molecular complexity index is 608. The minimum Gasteiger partial charge on any atom is -0.455 e. The third kappa shape index (κ3) is 6.79. The maximum absolute atomic E-state index is 13.5. The van der Waals surface area contributed by atoms with E-state index in [0.29, 0.717) is 0 Å². The van der Waals surface area contributed by atoms with E-state index >= 15 is 0 Å². The summed E-state index contributed by atoms with van der Waals surface area (Å²) < 4.78 is 117. The minimum atomic E-state index is -5.97. The van der Waals surface area contributed by atoms with E-state index in [-0.39, 0.29) is 0 Å². The van der Waals surface area contributed by atoms with Gasteiger partial charge in [0.25, 0.3) is 0 Å². The van der Waals surface area contributed by atoms with Gasteiger partial charge >= 0.3 is 35.1 Å². The van der Waals surface area contributed by atoms with Crippen LogP contribution in [0.4, 0.5) is 35.1 Å². The molecular weight excluding hydrogens is 432 g/mol. The second-order valence-corrected chi connectivity index (χ2v) is 6.82. The summed E-state index contributed by atoms with van der Waals surface area (Å²) in [6.45, 7) is 3.76. The fraction of sp³-hybridized carbons (Fsp3) is 0.714. The van der Waals surface area contributed by atoms with E-state index in [1.54, 1.807) is 0 Å². The third-order valence-electron chi connectivity index (χ3n) is 2.66. The summed E-state index contributed by atoms with van der Waals surface area (Å²) in [4.78, 5) is 23.2. The lowest BCUT2D eigenvalue weighted by molar-refractivity contribution is -0.359. The van der Waals surface area contributed by atoms with Crippen LogP contribution in [0.1, 0.15) is 27.2 Å². The Labute approximate surface area is 159 Å². The molecule has 0 aliphatic carbocycles. The number of ether oxygens (including phenoxy) is 3. The molecule has 0 aliphatic rings. The van der Waals surface area contributed by atoms with Crippen LogP contribution >= 0.6 is 12.6 Å². The summed E-state index contributed by atoms with van der Waals surface area (Å²) in [7, 11) is 0. The quantitative estimate of drug-likeness (QED) is 0.199. The van der Waals surface area contributed by atoms with Gasteiger partial charge in [-0.1, -0.05) is 19.2 Å². The van der Waals surface area contributed by atoms with Crippen molar-refractivity contribution in [2.45, 2.75) is 55.9 Å². The highest BCUT2D eigenvalue weighted by Gasteiger charge is 2.69. The van der Waals surface area contributed by atoms with Crippen LogP contribution in [0.25, 0.3) is 0 Å². The first-order chi connectivity index (χ1) is 12.2. The second kappa shape index (κ2) is 8.43. The van der Waals surface area contributed by atoms with Crippen molar-refractivity contribution in [3.05, 3.63) is 12.4 Å². The number of alkyl halides is 7. The van der Waals surface area contributed by atoms with Gasteiger partial charge < -0.3 is 14.2 Å². The molecule has 0 saturated carbocycles. The maximum atomic E-state index is 13.5. The van der Waals surface area contributed by atoms with Gasteiger partial charge in [0.05, 0.1) is 6.61 Å². The number of carbonyl (C=O) groups excluding carboxylic acids is 2. The van der Waals surface area contributed by atoms with E-state index < -0.39 is 59.5 Å². The molecule has 0 aromatic rings. The summed E-state index contributed by atoms with van der Waals surface area (Å²) >= 11 is 2.32. The second-order valence-electron chi connectivity index (χ2n) is 6.25. The monoisotopic (exact) mass is 448 g/mol. The van der Waals surface area contributed by atoms with Crippen molar-refractivity contribution < 1.29 is 58.9 Å². The molecule has 0 aromatic carbocycles. The number of hydrogen-bond acceptors (Lipinski definition) is 6. The number of esters is 2. The van der Waals surface area contributed by atoms with Crippen LogP contribution in [0.2, 0.25) is 0 Å². The number of halogens is 8. The topological polar surface area (TPSA) is 61.8 Å². The normalized spacial score (nSPS) is 15.6. The van der Waals surface area contributed by atoms with Crippen LogP contribution < -0.4 is 0 Å². The Kier molecular flexibility index (Phi) is 7.96. The molecule has 164 valence electrons. The molecule has 0 N–H and O–H groups in total. The van der Waals surface area contributed by atoms with Crippen LogP contribution in [0.3, 0.4) is 0 Å². The fourth-order valence-electron chi connectivity index (χ4n) is 1.39. The van der Waals surface area contributed by atoms with Gasteiger partial charge in [-0.15, -0.1) is 0 Å². The molecule has 0 spiro atoms. The van der Waals surface area contributed by atoms with Gasteiger partial charge in [0.15, 0.2) is 0 Å². The van der Waals surface area contributed by atoms with Crippen molar-refractivity contribution in [3.63, 3.8) is 0 Å². The molecule has 0 fully saturated rings. The number of hydrogen-bond donors (Lipinski definition) is 1. The Morgan fingerprint density at radius 2 is 1.43 bits per heavy atom. The Morgan fingerprint density at radius 3 is 1.75 bits per heavy atom. The summed E-state index contributed by atoms with van der Waals surface area (Å²) in [5.74, 6) is -16.6. The molecule has 0 aliphatic heterocycles. The molecule has 0 amide bonds. The standard InChI is InChI=1S/C14H16F8O5S/c1-7(15)8(23)26-12(13(18,19)20,9(24)27-10(2,3)4)25-6-5-11(16,17)14(21,22)28/h28H,1,5-6H2,2-4H3. The number of carbonyl (C=O) groups is 2. The van der Waals surface area contributed by atoms with Crippen molar-refractivity contribution in [3.8, 4) is 0 Å². The van der Waals surface area contributed by atoms with Gasteiger partial charge in [0.1, 0.15) is 5.60 Å². The fourth-order valence-corrected chi connectivity index (χ4v) is 1.50. The molecule has 5 nitrogen and oxygen atoms in total. The molecule has 0 rings (SSSR count). The first kappa shape index (κ1) is 26.4. The average Bonchev–Trinajstić information content (AvgIpc) is 2.40. The first-order valence-electron chi connectivity index (χ1n) is 7.16. The van der Waals surface area contributed by atoms with Crippen LogP contribution in [-0.2, 0) is 23.8 Å². The zero-order valence-electron chi connectivity index (χ0n) is 14.6. The van der Waals surface area contributed by atoms with Gasteiger partial charge in [-0.25, -0.2) is 9.59 Å². The molecule has 0 aromatic heterocycles. The molecule has 28 heavy (non-hydrogen) atoms. The molecule has 1 atom stereocenters. The smallest absolute Gasteiger partial charge is 0.455 e. The minimum absolute atomic E-state index is 1.09. The van der Waals surface area contributed by atoms with Crippen molar-refractivity contribution in [1.82, 2.24) is 0 Å². The summed E-state index contributed by atoms with van der Waals surface area (Å²) in [5.41, 5.74) is -1.63. The van der Waals surface area contributed by atoms with Crippen LogP contribution in [0.5, 0.6) is 0 Å². The molecule has 1 unspecified atom stereocenters. The van der Waals surface area contributed by atoms with Crippen molar-refractivity contribution in [2.24, 2.45) is 0 Å². The highest BCUT2D eigenvalue weighted by Crippen LogP contribution is 2.42. The zero-order chi connectivity index (χ0) is 22.8. The van der Waals surface area contributed by atoms with Crippen molar-refractivity contribution in [2.75, 3.05) is 6.61 Å². The molecule has 0 bridgehead atoms. The predicted molar refractivity (Wildman–Crippen MR) is 80.4 cm³/mol. The number of thiol groups is 1. The molecule has 0 radical (unpaired) electrons. The lowest BCUT2D eigenvalue weighted by Crippen LogP contribution is -2.59. The summed E-state index contributed by atoms with van der Waals surface area (Å²) in [6.07, 6.45) is -8.04. The lowest BCUT2D eigenvalue weighted by Gasteiger charge is -2.34. The van der Waals surface area contributed by atoms with Crippen molar-refractivity contribution >= 4 is 24.6 Å². The lowest BCUT2D eigenvalue weighted by atomic mass is 10.1. The van der Waals surface area contributed by atoms with E-state index in [1.165, 1.54) is 0 Å². The summed E-state index contributed by atoms with van der Waals surface area (Å²) in [5, 5.41) is -4.94. The van der Waals surface area contributed by atoms with E-state index in [9.17, 15) is 44.7 Å². The Balaban J connectivity index is 5.96. The van der Waals surface area contributed by atoms with Gasteiger partial charge in [-0.05, 0) is 20.8 Å². The van der Waals surface area contributed by atoms with Gasteiger partial charge in [0.2, 0.25) is 5.83 Å². The Hall–Kier alpha value is -1.57. The SMILES string of the molecule is C=C(F)C(=O)OC(OCCC(F)(F)C(F)(F)S)(C(=O)OC(C)(C)C)C(F)(F)F. The Morgan fingerprint density at radius 1 is 0.964 bits per heavy atom. The van der Waals surface area contributed by atoms with E-state index in [2.05, 4.69) is 33.4 Å². The predicted octanol–water partition coefficient (Wildman–Crippen LogP) is 4.18. The van der Waals surface area contributed by atoms with Crippen molar-refractivity contribution in [1.29, 1.82) is 0 Å². The van der Waals surface area contributed by atoms with Gasteiger partial charge in [-0.2, -0.15) is 35.1 Å². The molecular formula is C14H16F8O5S. The number of rotatable bonds is 8. The van der Waals surface area contributed by atoms with Crippen LogP contribution in [0.15, 0.2) is 12.4 Å². The van der Waals surface area contributed by atoms with Crippen LogP contribution in [-0.4, -0.2) is 47.3 Å². The molecule has 14 heteroatoms. The van der Waals surface area contributed by atoms with Crippen LogP contribution in [0, 0.1) is 0 Å². The zero-order valence-corrected chi connectivity index (χ0v) is 15.5. The van der Waals surface area contributed by atoms with E-state index in [1.807, 2.05) is 0 Å². The van der Waals surface area contributed by atoms with E-state index in [4.69, 9.17) is 0 Å². The maximum Gasteiger partial charge on any atom is 0.468 e. The molecule has 0 saturated heterocycles. The third-order valence-corrected chi connectivity index (χ3v) is 2.99. The molecule has 0 heterocycles.